The zero-order chi connectivity index (χ0) is 15.8. The smallest absolute Gasteiger partial charge is 0.163 e. The van der Waals surface area contributed by atoms with Gasteiger partial charge in [0.25, 0.3) is 0 Å². The summed E-state index contributed by atoms with van der Waals surface area (Å²) in [4.78, 5) is 10.4. The largest absolute Gasteiger partial charge is 0.493 e. The summed E-state index contributed by atoms with van der Waals surface area (Å²) < 4.78 is 11.2. The van der Waals surface area contributed by atoms with Crippen LogP contribution < -0.4 is 9.47 Å². The number of aliphatic hydroxyl groups excluding tert-OH is 1. The maximum absolute atomic E-state index is 8.97. The Morgan fingerprint density at radius 2 is 2.09 bits per heavy atom. The number of aliphatic hydroxyl groups is 1. The van der Waals surface area contributed by atoms with Crippen LogP contribution >= 0.6 is 0 Å². The van der Waals surface area contributed by atoms with E-state index in [9.17, 15) is 0 Å². The fourth-order valence-electron chi connectivity index (χ4n) is 2.30. The van der Waals surface area contributed by atoms with E-state index >= 15 is 0 Å². The molecule has 0 unspecified atom stereocenters. The molecular weight excluding hydrogens is 282 g/mol. The zero-order valence-corrected chi connectivity index (χ0v) is 13.2. The summed E-state index contributed by atoms with van der Waals surface area (Å²) in [7, 11) is 1.62. The Morgan fingerprint density at radius 1 is 1.23 bits per heavy atom. The molecule has 1 aromatic carbocycles. The lowest BCUT2D eigenvalue weighted by atomic mass is 10.2. The van der Waals surface area contributed by atoms with Crippen molar-refractivity contribution in [3.8, 4) is 11.5 Å². The van der Waals surface area contributed by atoms with Gasteiger partial charge in [0.1, 0.15) is 6.33 Å². The van der Waals surface area contributed by atoms with Crippen molar-refractivity contribution < 1.29 is 14.6 Å². The highest BCUT2D eigenvalue weighted by atomic mass is 16.5. The van der Waals surface area contributed by atoms with Gasteiger partial charge < -0.3 is 19.5 Å². The summed E-state index contributed by atoms with van der Waals surface area (Å²) >= 11 is 0. The summed E-state index contributed by atoms with van der Waals surface area (Å²) in [5, 5.41) is 9.89. The maximum Gasteiger partial charge on any atom is 0.163 e. The highest BCUT2D eigenvalue weighted by Crippen LogP contribution is 2.31. The first-order chi connectivity index (χ1) is 10.8. The molecule has 2 aromatic rings. The van der Waals surface area contributed by atoms with E-state index in [1.807, 2.05) is 12.1 Å². The average Bonchev–Trinajstić information content (AvgIpc) is 2.56. The third-order valence-corrected chi connectivity index (χ3v) is 3.53. The van der Waals surface area contributed by atoms with Crippen LogP contribution in [0.1, 0.15) is 13.3 Å². The van der Waals surface area contributed by atoms with E-state index < -0.39 is 0 Å². The van der Waals surface area contributed by atoms with E-state index in [1.54, 1.807) is 13.3 Å². The molecule has 0 amide bonds. The molecule has 6 nitrogen and oxygen atoms in total. The molecule has 1 aromatic heterocycles. The first kappa shape index (κ1) is 16.5. The van der Waals surface area contributed by atoms with Gasteiger partial charge in [0.05, 0.1) is 25.8 Å². The van der Waals surface area contributed by atoms with Gasteiger partial charge in [-0.05, 0) is 19.0 Å². The SMILES string of the molecule is CCN(CCO)CCCOc1cc2ncncc2cc1OC. The molecule has 0 aliphatic heterocycles. The summed E-state index contributed by atoms with van der Waals surface area (Å²) in [5.74, 6) is 1.38. The Labute approximate surface area is 130 Å². The lowest BCUT2D eigenvalue weighted by Crippen LogP contribution is -2.28. The van der Waals surface area contributed by atoms with Crippen LogP contribution in [0.3, 0.4) is 0 Å². The molecule has 0 saturated carbocycles. The average molecular weight is 305 g/mol. The van der Waals surface area contributed by atoms with Gasteiger partial charge in [-0.25, -0.2) is 9.97 Å². The van der Waals surface area contributed by atoms with E-state index in [-0.39, 0.29) is 6.61 Å². The van der Waals surface area contributed by atoms with Crippen LogP contribution in [0.2, 0.25) is 0 Å². The van der Waals surface area contributed by atoms with E-state index in [0.717, 1.165) is 30.4 Å². The van der Waals surface area contributed by atoms with Crippen LogP contribution in [0.25, 0.3) is 10.9 Å². The summed E-state index contributed by atoms with van der Waals surface area (Å²) in [6, 6.07) is 3.76. The van der Waals surface area contributed by atoms with Gasteiger partial charge in [-0.3, -0.25) is 0 Å². The van der Waals surface area contributed by atoms with Crippen molar-refractivity contribution in [1.82, 2.24) is 14.9 Å². The van der Waals surface area contributed by atoms with Crippen molar-refractivity contribution in [2.24, 2.45) is 0 Å². The molecule has 0 atom stereocenters. The van der Waals surface area contributed by atoms with Crippen LogP contribution in [0.4, 0.5) is 0 Å². The standard InChI is InChI=1S/C16H23N3O3/c1-3-19(6-7-20)5-4-8-22-16-10-14-13(9-15(16)21-2)11-17-12-18-14/h9-12,20H,3-8H2,1-2H3. The number of fused-ring (bicyclic) bond motifs is 1. The Hall–Kier alpha value is -1.92. The summed E-state index contributed by atoms with van der Waals surface area (Å²) in [5.41, 5.74) is 0.835. The number of likely N-dealkylation sites (N-methyl/N-ethyl adjacent to an activating group) is 1. The molecule has 6 heteroatoms. The predicted octanol–water partition coefficient (Wildman–Crippen LogP) is 1.72. The number of aromatic nitrogens is 2. The fourth-order valence-corrected chi connectivity index (χ4v) is 2.30. The van der Waals surface area contributed by atoms with Crippen molar-refractivity contribution in [2.75, 3.05) is 40.0 Å². The molecule has 0 spiro atoms. The molecule has 22 heavy (non-hydrogen) atoms. The van der Waals surface area contributed by atoms with Gasteiger partial charge >= 0.3 is 0 Å². The summed E-state index contributed by atoms with van der Waals surface area (Å²) in [6.07, 6.45) is 4.16. The molecule has 1 heterocycles. The van der Waals surface area contributed by atoms with Crippen LogP contribution in [0.15, 0.2) is 24.7 Å². The Balaban J connectivity index is 1.95. The quantitative estimate of drug-likeness (QED) is 0.712. The minimum Gasteiger partial charge on any atom is -0.493 e. The molecule has 120 valence electrons. The molecule has 0 radical (unpaired) electrons. The van der Waals surface area contributed by atoms with E-state index in [2.05, 4.69) is 21.8 Å². The number of ether oxygens (including phenoxy) is 2. The number of rotatable bonds is 9. The third-order valence-electron chi connectivity index (χ3n) is 3.53. The van der Waals surface area contributed by atoms with Gasteiger partial charge in [-0.1, -0.05) is 6.92 Å². The van der Waals surface area contributed by atoms with Crippen molar-refractivity contribution >= 4 is 10.9 Å². The zero-order valence-electron chi connectivity index (χ0n) is 13.2. The van der Waals surface area contributed by atoms with E-state index in [4.69, 9.17) is 14.6 Å². The normalized spacial score (nSPS) is 11.1. The Kier molecular flexibility index (Phi) is 6.36. The van der Waals surface area contributed by atoms with Crippen LogP contribution in [-0.2, 0) is 0 Å². The van der Waals surface area contributed by atoms with E-state index in [0.29, 0.717) is 24.7 Å². The minimum absolute atomic E-state index is 0.187. The molecule has 0 aliphatic carbocycles. The first-order valence-corrected chi connectivity index (χ1v) is 7.52. The van der Waals surface area contributed by atoms with Gasteiger partial charge in [-0.2, -0.15) is 0 Å². The molecule has 0 fully saturated rings. The molecular formula is C16H23N3O3. The molecule has 0 bridgehead atoms. The lowest BCUT2D eigenvalue weighted by molar-refractivity contribution is 0.188. The second-order valence-corrected chi connectivity index (χ2v) is 4.94. The number of hydrogen-bond donors (Lipinski definition) is 1. The highest BCUT2D eigenvalue weighted by molar-refractivity contribution is 5.81. The molecule has 1 N–H and O–H groups in total. The third kappa shape index (κ3) is 4.29. The monoisotopic (exact) mass is 305 g/mol. The van der Waals surface area contributed by atoms with Crippen molar-refractivity contribution in [3.05, 3.63) is 24.7 Å². The number of hydrogen-bond acceptors (Lipinski definition) is 6. The number of benzene rings is 1. The topological polar surface area (TPSA) is 67.7 Å². The maximum atomic E-state index is 8.97. The second kappa shape index (κ2) is 8.51. The van der Waals surface area contributed by atoms with Crippen LogP contribution in [-0.4, -0.2) is 59.9 Å². The highest BCUT2D eigenvalue weighted by Gasteiger charge is 2.08. The number of nitrogens with zero attached hydrogens (tertiary/aromatic N) is 3. The van der Waals surface area contributed by atoms with Crippen molar-refractivity contribution in [1.29, 1.82) is 0 Å². The lowest BCUT2D eigenvalue weighted by Gasteiger charge is -2.19. The second-order valence-electron chi connectivity index (χ2n) is 4.94. The van der Waals surface area contributed by atoms with Crippen molar-refractivity contribution in [2.45, 2.75) is 13.3 Å². The Bertz CT molecular complexity index is 592. The van der Waals surface area contributed by atoms with Crippen molar-refractivity contribution in [3.63, 3.8) is 0 Å². The molecule has 0 saturated heterocycles. The van der Waals surface area contributed by atoms with Gasteiger partial charge in [0.2, 0.25) is 0 Å². The molecule has 0 aliphatic rings. The van der Waals surface area contributed by atoms with Crippen LogP contribution in [0.5, 0.6) is 11.5 Å². The van der Waals surface area contributed by atoms with E-state index in [1.165, 1.54) is 6.33 Å². The predicted molar refractivity (Wildman–Crippen MR) is 85.4 cm³/mol. The van der Waals surface area contributed by atoms with Gasteiger partial charge in [-0.15, -0.1) is 0 Å². The minimum atomic E-state index is 0.187. The Morgan fingerprint density at radius 3 is 2.82 bits per heavy atom. The first-order valence-electron chi connectivity index (χ1n) is 7.52. The molecule has 2 rings (SSSR count). The van der Waals surface area contributed by atoms with Gasteiger partial charge in [0.15, 0.2) is 11.5 Å². The van der Waals surface area contributed by atoms with Gasteiger partial charge in [0, 0.05) is 30.7 Å². The van der Waals surface area contributed by atoms with Crippen LogP contribution in [0, 0.1) is 0 Å². The fraction of sp³-hybridized carbons (Fsp3) is 0.500. The summed E-state index contributed by atoms with van der Waals surface area (Å²) in [6.45, 7) is 5.39. The number of methoxy groups -OCH3 is 1.